The van der Waals surface area contributed by atoms with E-state index in [4.69, 9.17) is 4.74 Å². The average molecular weight is 549 g/mol. The lowest BCUT2D eigenvalue weighted by atomic mass is 9.47. The first-order valence-corrected chi connectivity index (χ1v) is 16.4. The summed E-state index contributed by atoms with van der Waals surface area (Å²) >= 11 is 0. The number of carbonyl (C=O) groups excluding carboxylic acids is 1. The van der Waals surface area contributed by atoms with Gasteiger partial charge in [-0.3, -0.25) is 9.78 Å². The summed E-state index contributed by atoms with van der Waals surface area (Å²) in [5.74, 6) is 5.27. The summed E-state index contributed by atoms with van der Waals surface area (Å²) in [5.41, 5.74) is 2.30. The number of aromatic nitrogens is 1. The number of ether oxygens (including phenoxy) is 1. The zero-order valence-electron chi connectivity index (χ0n) is 25.4. The quantitative estimate of drug-likeness (QED) is 0.387. The smallest absolute Gasteiger partial charge is 0.222 e. The van der Waals surface area contributed by atoms with Crippen molar-refractivity contribution in [2.24, 2.45) is 46.3 Å². The van der Waals surface area contributed by atoms with Gasteiger partial charge in [-0.1, -0.05) is 39.3 Å². The van der Waals surface area contributed by atoms with Gasteiger partial charge in [-0.2, -0.15) is 0 Å². The SMILES string of the molecule is CC(CCC(=O)N1CC[C@@H](Oc2ccncc2)[C@@H](C)C1)[C@H]1CC[C@H]2[C@@H]3CC=C4C[C@@H](O)CC[C@]4(C)[C@H]3CC[C@]12C. The van der Waals surface area contributed by atoms with Crippen LogP contribution < -0.4 is 4.74 Å². The second-order valence-corrected chi connectivity index (χ2v) is 14.8. The van der Waals surface area contributed by atoms with Gasteiger partial charge in [-0.25, -0.2) is 0 Å². The van der Waals surface area contributed by atoms with Gasteiger partial charge in [0.2, 0.25) is 5.91 Å². The summed E-state index contributed by atoms with van der Waals surface area (Å²) in [4.78, 5) is 19.5. The molecule has 220 valence electrons. The number of piperidine rings is 1. The van der Waals surface area contributed by atoms with E-state index in [1.165, 1.54) is 32.1 Å². The summed E-state index contributed by atoms with van der Waals surface area (Å²) in [5, 5.41) is 10.3. The molecular formula is C35H52N2O3. The van der Waals surface area contributed by atoms with E-state index in [9.17, 15) is 9.90 Å². The Hall–Kier alpha value is -1.88. The summed E-state index contributed by atoms with van der Waals surface area (Å²) in [6.07, 6.45) is 18.4. The second-order valence-electron chi connectivity index (χ2n) is 14.8. The Kier molecular flexibility index (Phi) is 7.82. The van der Waals surface area contributed by atoms with Crippen molar-refractivity contribution in [1.29, 1.82) is 0 Å². The van der Waals surface area contributed by atoms with Crippen molar-refractivity contribution in [2.75, 3.05) is 13.1 Å². The highest BCUT2D eigenvalue weighted by atomic mass is 16.5. The first-order chi connectivity index (χ1) is 19.2. The van der Waals surface area contributed by atoms with E-state index in [0.717, 1.165) is 74.6 Å². The number of likely N-dealkylation sites (tertiary alicyclic amines) is 1. The van der Waals surface area contributed by atoms with Crippen LogP contribution in [0, 0.1) is 46.3 Å². The van der Waals surface area contributed by atoms with Crippen LogP contribution in [-0.4, -0.2) is 46.2 Å². The molecule has 1 unspecified atom stereocenters. The number of hydrogen-bond acceptors (Lipinski definition) is 4. The summed E-state index contributed by atoms with van der Waals surface area (Å²) in [6, 6.07) is 3.83. The fourth-order valence-corrected chi connectivity index (χ4v) is 10.4. The Balaban J connectivity index is 1.03. The molecule has 1 saturated heterocycles. The van der Waals surface area contributed by atoms with Gasteiger partial charge in [0.25, 0.3) is 0 Å². The number of fused-ring (bicyclic) bond motifs is 5. The molecule has 10 atom stereocenters. The summed E-state index contributed by atoms with van der Waals surface area (Å²) < 4.78 is 6.21. The van der Waals surface area contributed by atoms with Crippen molar-refractivity contribution >= 4 is 5.91 Å². The Morgan fingerprint density at radius 2 is 1.93 bits per heavy atom. The Morgan fingerprint density at radius 3 is 2.70 bits per heavy atom. The maximum Gasteiger partial charge on any atom is 0.222 e. The van der Waals surface area contributed by atoms with Crippen molar-refractivity contribution in [3.63, 3.8) is 0 Å². The Labute approximate surface area is 242 Å². The molecule has 1 amide bonds. The zero-order chi connectivity index (χ0) is 28.1. The van der Waals surface area contributed by atoms with E-state index in [2.05, 4.69) is 43.7 Å². The minimum atomic E-state index is -0.126. The van der Waals surface area contributed by atoms with Crippen LogP contribution in [0.2, 0.25) is 0 Å². The summed E-state index contributed by atoms with van der Waals surface area (Å²) in [6.45, 7) is 11.4. The Bertz CT molecular complexity index is 1090. The molecule has 1 aromatic rings. The van der Waals surface area contributed by atoms with Gasteiger partial charge < -0.3 is 14.7 Å². The number of carbonyl (C=O) groups is 1. The highest BCUT2D eigenvalue weighted by Crippen LogP contribution is 2.67. The molecule has 1 aliphatic heterocycles. The van der Waals surface area contributed by atoms with Crippen molar-refractivity contribution in [3.05, 3.63) is 36.2 Å². The third-order valence-corrected chi connectivity index (χ3v) is 12.8. The fraction of sp³-hybridized carbons (Fsp3) is 0.771. The van der Waals surface area contributed by atoms with Gasteiger partial charge in [-0.15, -0.1) is 0 Å². The van der Waals surface area contributed by atoms with Crippen LogP contribution >= 0.6 is 0 Å². The van der Waals surface area contributed by atoms with E-state index in [0.29, 0.717) is 35.0 Å². The molecule has 3 saturated carbocycles. The minimum absolute atomic E-state index is 0.126. The number of allylic oxidation sites excluding steroid dienone is 1. The second kappa shape index (κ2) is 11.1. The first kappa shape index (κ1) is 28.2. The molecule has 0 aromatic carbocycles. The lowest BCUT2D eigenvalue weighted by Crippen LogP contribution is -2.50. The number of aliphatic hydroxyl groups excluding tert-OH is 1. The zero-order valence-corrected chi connectivity index (χ0v) is 25.4. The Morgan fingerprint density at radius 1 is 1.12 bits per heavy atom. The van der Waals surface area contributed by atoms with Crippen LogP contribution in [0.25, 0.3) is 0 Å². The van der Waals surface area contributed by atoms with Crippen LogP contribution in [0.4, 0.5) is 0 Å². The molecule has 1 aromatic heterocycles. The van der Waals surface area contributed by atoms with Crippen molar-refractivity contribution < 1.29 is 14.6 Å². The van der Waals surface area contributed by atoms with E-state index in [-0.39, 0.29) is 12.2 Å². The fourth-order valence-electron chi connectivity index (χ4n) is 10.4. The molecule has 4 fully saturated rings. The van der Waals surface area contributed by atoms with Crippen LogP contribution in [0.1, 0.15) is 98.3 Å². The van der Waals surface area contributed by atoms with Gasteiger partial charge in [0.05, 0.1) is 6.10 Å². The van der Waals surface area contributed by atoms with Gasteiger partial charge in [0.1, 0.15) is 11.9 Å². The van der Waals surface area contributed by atoms with E-state index < -0.39 is 0 Å². The van der Waals surface area contributed by atoms with Crippen molar-refractivity contribution in [3.8, 4) is 5.75 Å². The van der Waals surface area contributed by atoms with E-state index in [1.807, 2.05) is 12.1 Å². The molecule has 0 radical (unpaired) electrons. The third kappa shape index (κ3) is 5.03. The third-order valence-electron chi connectivity index (χ3n) is 12.8. The lowest BCUT2D eigenvalue weighted by Gasteiger charge is -2.58. The van der Waals surface area contributed by atoms with Gasteiger partial charge in [0, 0.05) is 44.2 Å². The van der Waals surface area contributed by atoms with Crippen LogP contribution in [0.3, 0.4) is 0 Å². The molecule has 5 heteroatoms. The topological polar surface area (TPSA) is 62.7 Å². The average Bonchev–Trinajstić information content (AvgIpc) is 3.31. The maximum absolute atomic E-state index is 13.3. The predicted octanol–water partition coefficient (Wildman–Crippen LogP) is 7.05. The molecule has 5 nitrogen and oxygen atoms in total. The lowest BCUT2D eigenvalue weighted by molar-refractivity contribution is -0.135. The number of aliphatic hydroxyl groups is 1. The first-order valence-electron chi connectivity index (χ1n) is 16.4. The number of nitrogens with zero attached hydrogens (tertiary/aromatic N) is 2. The monoisotopic (exact) mass is 548 g/mol. The van der Waals surface area contributed by atoms with Crippen LogP contribution in [-0.2, 0) is 4.79 Å². The van der Waals surface area contributed by atoms with Crippen LogP contribution in [0.5, 0.6) is 5.75 Å². The van der Waals surface area contributed by atoms with Crippen molar-refractivity contribution in [2.45, 2.75) is 111 Å². The molecule has 40 heavy (non-hydrogen) atoms. The van der Waals surface area contributed by atoms with Crippen LogP contribution in [0.15, 0.2) is 36.2 Å². The van der Waals surface area contributed by atoms with Gasteiger partial charge >= 0.3 is 0 Å². The molecular weight excluding hydrogens is 496 g/mol. The number of amides is 1. The molecule has 1 N–H and O–H groups in total. The molecule has 5 aliphatic rings. The highest BCUT2D eigenvalue weighted by molar-refractivity contribution is 5.76. The number of pyridine rings is 1. The maximum atomic E-state index is 13.3. The predicted molar refractivity (Wildman–Crippen MR) is 159 cm³/mol. The largest absolute Gasteiger partial charge is 0.490 e. The van der Waals surface area contributed by atoms with E-state index >= 15 is 0 Å². The molecule has 0 spiro atoms. The molecule has 0 bridgehead atoms. The minimum Gasteiger partial charge on any atom is -0.490 e. The van der Waals surface area contributed by atoms with E-state index in [1.54, 1.807) is 18.0 Å². The standard InChI is InChI=1S/C35H52N2O3/c1-23(5-10-33(39)37-20-15-32(24(2)22-37)40-27-13-18-36-19-14-27)29-8-9-30-28-7-6-25-21-26(38)11-16-34(25,3)31(28)12-17-35(29,30)4/h6,13-14,18-19,23-24,26,28-32,38H,5,7-12,15-17,20-22H2,1-4H3/t23?,24-,26-,28-,29+,30-,31-,32+,34-,35+/m0/s1. The van der Waals surface area contributed by atoms with Crippen molar-refractivity contribution in [1.82, 2.24) is 9.88 Å². The molecule has 6 rings (SSSR count). The molecule has 4 aliphatic carbocycles. The highest BCUT2D eigenvalue weighted by Gasteiger charge is 2.59. The van der Waals surface area contributed by atoms with Gasteiger partial charge in [0.15, 0.2) is 0 Å². The van der Waals surface area contributed by atoms with Gasteiger partial charge in [-0.05, 0) is 110 Å². The normalized spacial score (nSPS) is 41.8. The summed E-state index contributed by atoms with van der Waals surface area (Å²) in [7, 11) is 0. The number of rotatable bonds is 6. The number of hydrogen-bond donors (Lipinski definition) is 1. The molecule has 2 heterocycles.